The van der Waals surface area contributed by atoms with Crippen molar-refractivity contribution in [3.63, 3.8) is 0 Å². The van der Waals surface area contributed by atoms with Crippen molar-refractivity contribution >= 4 is 23.6 Å². The van der Waals surface area contributed by atoms with E-state index in [1.807, 2.05) is 0 Å². The number of unbranched alkanes of at least 4 members (excludes halogenated alkanes) is 3. The van der Waals surface area contributed by atoms with Gasteiger partial charge in [-0.25, -0.2) is 4.79 Å². The van der Waals surface area contributed by atoms with E-state index >= 15 is 0 Å². The van der Waals surface area contributed by atoms with E-state index in [1.54, 1.807) is 0 Å². The summed E-state index contributed by atoms with van der Waals surface area (Å²) in [4.78, 5) is 51.4. The Morgan fingerprint density at radius 2 is 1.56 bits per heavy atom. The van der Waals surface area contributed by atoms with Crippen molar-refractivity contribution in [1.29, 1.82) is 0 Å². The maximum atomic E-state index is 12.3. The quantitative estimate of drug-likeness (QED) is 0.372. The molecule has 1 heterocycles. The van der Waals surface area contributed by atoms with Gasteiger partial charge in [0.2, 0.25) is 0 Å². The van der Waals surface area contributed by atoms with Crippen molar-refractivity contribution in [2.75, 3.05) is 0 Å². The highest BCUT2D eigenvalue weighted by molar-refractivity contribution is 6.01. The van der Waals surface area contributed by atoms with Crippen LogP contribution in [0.2, 0.25) is 0 Å². The van der Waals surface area contributed by atoms with Gasteiger partial charge in [-0.3, -0.25) is 14.4 Å². The lowest BCUT2D eigenvalue weighted by Gasteiger charge is -2.14. The second-order valence-corrected chi connectivity index (χ2v) is 6.70. The molecule has 0 aromatic heterocycles. The molecule has 6 heteroatoms. The topological polar surface area (TPSA) is 80.8 Å². The maximum Gasteiger partial charge on any atom is 0.333 e. The number of Topliss-reactive ketones (excluding diaryl/α,β-unsaturated/α-hetero) is 1. The fourth-order valence-electron chi connectivity index (χ4n) is 3.02. The van der Waals surface area contributed by atoms with Gasteiger partial charge in [0, 0.05) is 31.6 Å². The number of amides is 2. The van der Waals surface area contributed by atoms with E-state index in [1.165, 1.54) is 0 Å². The molecule has 1 unspecified atom stereocenters. The van der Waals surface area contributed by atoms with Crippen LogP contribution < -0.4 is 0 Å². The molecule has 1 rings (SSSR count). The summed E-state index contributed by atoms with van der Waals surface area (Å²) in [6, 6.07) is 0. The Hall–Kier alpha value is -1.72. The molecular weight excluding hydrogens is 322 g/mol. The molecule has 0 aliphatic carbocycles. The zero-order valence-corrected chi connectivity index (χ0v) is 15.6. The highest BCUT2D eigenvalue weighted by Gasteiger charge is 2.32. The van der Waals surface area contributed by atoms with Crippen molar-refractivity contribution in [1.82, 2.24) is 5.06 Å². The van der Waals surface area contributed by atoms with Crippen molar-refractivity contribution in [2.45, 2.75) is 90.9 Å². The SMILES string of the molecule is CCCCC(CCC)C(=O)CCCCCC(=O)ON1C(=O)CCC1=O. The van der Waals surface area contributed by atoms with Crippen LogP contribution in [0.3, 0.4) is 0 Å². The van der Waals surface area contributed by atoms with Gasteiger partial charge < -0.3 is 4.84 Å². The number of hydrogen-bond donors (Lipinski definition) is 0. The van der Waals surface area contributed by atoms with E-state index in [-0.39, 0.29) is 25.2 Å². The predicted molar refractivity (Wildman–Crippen MR) is 93.2 cm³/mol. The molecule has 0 aromatic carbocycles. The zero-order valence-electron chi connectivity index (χ0n) is 15.6. The van der Waals surface area contributed by atoms with Crippen LogP contribution in [0.4, 0.5) is 0 Å². The van der Waals surface area contributed by atoms with E-state index in [9.17, 15) is 19.2 Å². The number of imide groups is 1. The number of rotatable bonds is 13. The van der Waals surface area contributed by atoms with Crippen molar-refractivity contribution < 1.29 is 24.0 Å². The fraction of sp³-hybridized carbons (Fsp3) is 0.789. The van der Waals surface area contributed by atoms with Crippen LogP contribution in [-0.4, -0.2) is 28.6 Å². The standard InChI is InChI=1S/C19H31NO5/c1-3-5-10-15(9-4-2)16(21)11-7-6-8-12-19(24)25-20-17(22)13-14-18(20)23/h15H,3-14H2,1-2H3. The van der Waals surface area contributed by atoms with Crippen LogP contribution in [0.1, 0.15) is 90.9 Å². The minimum absolute atomic E-state index is 0.102. The van der Waals surface area contributed by atoms with Gasteiger partial charge in [0.25, 0.3) is 11.8 Å². The Kier molecular flexibility index (Phi) is 10.0. The van der Waals surface area contributed by atoms with Gasteiger partial charge in [0.15, 0.2) is 0 Å². The highest BCUT2D eigenvalue weighted by Crippen LogP contribution is 2.19. The van der Waals surface area contributed by atoms with Crippen LogP contribution in [0.15, 0.2) is 0 Å². The van der Waals surface area contributed by atoms with Crippen molar-refractivity contribution in [2.24, 2.45) is 5.92 Å². The van der Waals surface area contributed by atoms with Gasteiger partial charge in [-0.2, -0.15) is 0 Å². The molecule has 6 nitrogen and oxygen atoms in total. The number of nitrogens with zero attached hydrogens (tertiary/aromatic N) is 1. The van der Waals surface area contributed by atoms with Crippen molar-refractivity contribution in [3.05, 3.63) is 0 Å². The van der Waals surface area contributed by atoms with Gasteiger partial charge in [-0.1, -0.05) is 39.5 Å². The molecule has 0 saturated carbocycles. The minimum Gasteiger partial charge on any atom is -0.330 e. The van der Waals surface area contributed by atoms with E-state index in [4.69, 9.17) is 4.84 Å². The van der Waals surface area contributed by atoms with Gasteiger partial charge in [-0.15, -0.1) is 5.06 Å². The lowest BCUT2D eigenvalue weighted by molar-refractivity contribution is -0.197. The first-order valence-corrected chi connectivity index (χ1v) is 9.58. The van der Waals surface area contributed by atoms with Gasteiger partial charge in [-0.05, 0) is 25.7 Å². The molecule has 0 bridgehead atoms. The van der Waals surface area contributed by atoms with E-state index in [0.717, 1.165) is 44.9 Å². The van der Waals surface area contributed by atoms with Crippen LogP contribution in [-0.2, 0) is 24.0 Å². The number of carbonyl (C=O) groups is 4. The first-order chi connectivity index (χ1) is 12.0. The Morgan fingerprint density at radius 3 is 2.16 bits per heavy atom. The first kappa shape index (κ1) is 21.3. The third-order valence-electron chi connectivity index (χ3n) is 4.50. The van der Waals surface area contributed by atoms with Crippen LogP contribution in [0, 0.1) is 5.92 Å². The second kappa shape index (κ2) is 11.8. The van der Waals surface area contributed by atoms with Gasteiger partial charge in [0.1, 0.15) is 5.78 Å². The lowest BCUT2D eigenvalue weighted by Crippen LogP contribution is -2.31. The fourth-order valence-corrected chi connectivity index (χ4v) is 3.02. The molecular formula is C19H31NO5. The normalized spacial score (nSPS) is 15.5. The number of ketones is 1. The summed E-state index contributed by atoms with van der Waals surface area (Å²) in [7, 11) is 0. The van der Waals surface area contributed by atoms with E-state index in [0.29, 0.717) is 23.7 Å². The summed E-state index contributed by atoms with van der Waals surface area (Å²) >= 11 is 0. The summed E-state index contributed by atoms with van der Waals surface area (Å²) in [6.07, 6.45) is 8.21. The summed E-state index contributed by atoms with van der Waals surface area (Å²) in [5, 5.41) is 0.578. The van der Waals surface area contributed by atoms with Gasteiger partial charge in [0.05, 0.1) is 0 Å². The molecule has 1 saturated heterocycles. The summed E-state index contributed by atoms with van der Waals surface area (Å²) in [6.45, 7) is 4.24. The third-order valence-corrected chi connectivity index (χ3v) is 4.50. The smallest absolute Gasteiger partial charge is 0.330 e. The van der Waals surface area contributed by atoms with Crippen LogP contribution in [0.25, 0.3) is 0 Å². The second-order valence-electron chi connectivity index (χ2n) is 6.70. The highest BCUT2D eigenvalue weighted by atomic mass is 16.7. The average Bonchev–Trinajstić information content (AvgIpc) is 2.90. The molecule has 1 aliphatic heterocycles. The maximum absolute atomic E-state index is 12.3. The molecule has 2 amide bonds. The number of carbonyl (C=O) groups excluding carboxylic acids is 4. The molecule has 0 radical (unpaired) electrons. The zero-order chi connectivity index (χ0) is 18.7. The number of hydroxylamine groups is 2. The predicted octanol–water partition coefficient (Wildman–Crippen LogP) is 3.72. The van der Waals surface area contributed by atoms with E-state index in [2.05, 4.69) is 13.8 Å². The molecule has 0 N–H and O–H groups in total. The third kappa shape index (κ3) is 7.80. The Morgan fingerprint density at radius 1 is 0.920 bits per heavy atom. The molecule has 25 heavy (non-hydrogen) atoms. The molecule has 0 aromatic rings. The summed E-state index contributed by atoms with van der Waals surface area (Å²) in [5.41, 5.74) is 0. The molecule has 1 aliphatic rings. The minimum atomic E-state index is -0.568. The monoisotopic (exact) mass is 353 g/mol. The van der Waals surface area contributed by atoms with Crippen LogP contribution in [0.5, 0.6) is 0 Å². The van der Waals surface area contributed by atoms with Gasteiger partial charge >= 0.3 is 5.97 Å². The summed E-state index contributed by atoms with van der Waals surface area (Å²) in [5.74, 6) is -0.967. The molecule has 1 atom stereocenters. The van der Waals surface area contributed by atoms with Crippen molar-refractivity contribution in [3.8, 4) is 0 Å². The van der Waals surface area contributed by atoms with E-state index < -0.39 is 17.8 Å². The summed E-state index contributed by atoms with van der Waals surface area (Å²) < 4.78 is 0. The molecule has 1 fully saturated rings. The Balaban J connectivity index is 2.17. The Labute approximate surface area is 150 Å². The lowest BCUT2D eigenvalue weighted by atomic mass is 9.90. The first-order valence-electron chi connectivity index (χ1n) is 9.58. The largest absolute Gasteiger partial charge is 0.333 e. The van der Waals surface area contributed by atoms with Crippen LogP contribution >= 0.6 is 0 Å². The number of hydrogen-bond acceptors (Lipinski definition) is 5. The molecule has 142 valence electrons. The molecule has 0 spiro atoms. The average molecular weight is 353 g/mol. The Bertz CT molecular complexity index is 458.